The van der Waals surface area contributed by atoms with E-state index in [0.29, 0.717) is 5.56 Å². The van der Waals surface area contributed by atoms with Gasteiger partial charge in [-0.1, -0.05) is 12.1 Å². The van der Waals surface area contributed by atoms with Crippen molar-refractivity contribution < 1.29 is 32.6 Å². The van der Waals surface area contributed by atoms with Crippen LogP contribution in [0.1, 0.15) is 19.4 Å². The van der Waals surface area contributed by atoms with E-state index >= 15 is 0 Å². The lowest BCUT2D eigenvalue weighted by molar-refractivity contribution is -0.143. The molecule has 9 heteroatoms. The zero-order valence-corrected chi connectivity index (χ0v) is 14.3. The average Bonchev–Trinajstić information content (AvgIpc) is 2.56. The van der Waals surface area contributed by atoms with Crippen LogP contribution < -0.4 is 15.4 Å². The third-order valence-corrected chi connectivity index (χ3v) is 2.76. The Morgan fingerprint density at radius 2 is 1.77 bits per heavy atom. The van der Waals surface area contributed by atoms with Crippen molar-refractivity contribution in [3.63, 3.8) is 0 Å². The Balaban J connectivity index is 2.33. The SMILES string of the molecule is CC(C)NC(=O)CNC(=O)COC(=O)/C=C/c1ccc(OC(F)F)cc1. The van der Waals surface area contributed by atoms with Crippen molar-refractivity contribution in [2.75, 3.05) is 13.2 Å². The highest BCUT2D eigenvalue weighted by Gasteiger charge is 2.08. The minimum Gasteiger partial charge on any atom is -0.452 e. The van der Waals surface area contributed by atoms with Crippen LogP contribution in [-0.4, -0.2) is 43.6 Å². The lowest BCUT2D eigenvalue weighted by Crippen LogP contribution is -2.41. The lowest BCUT2D eigenvalue weighted by atomic mass is 10.2. The Morgan fingerprint density at radius 3 is 2.35 bits per heavy atom. The number of esters is 1. The predicted octanol–water partition coefficient (Wildman–Crippen LogP) is 1.49. The third kappa shape index (κ3) is 9.36. The van der Waals surface area contributed by atoms with Gasteiger partial charge in [-0.2, -0.15) is 8.78 Å². The molecule has 0 bridgehead atoms. The topological polar surface area (TPSA) is 93.7 Å². The number of ether oxygens (including phenoxy) is 2. The summed E-state index contributed by atoms with van der Waals surface area (Å²) in [7, 11) is 0. The second-order valence-electron chi connectivity index (χ2n) is 5.39. The van der Waals surface area contributed by atoms with Crippen LogP contribution in [0.2, 0.25) is 0 Å². The van der Waals surface area contributed by atoms with Crippen molar-refractivity contribution in [3.8, 4) is 5.75 Å². The average molecular weight is 370 g/mol. The maximum absolute atomic E-state index is 12.0. The number of halogens is 2. The molecule has 0 aliphatic rings. The van der Waals surface area contributed by atoms with Crippen LogP contribution in [0.3, 0.4) is 0 Å². The van der Waals surface area contributed by atoms with E-state index in [1.54, 1.807) is 13.8 Å². The van der Waals surface area contributed by atoms with Gasteiger partial charge in [-0.05, 0) is 37.6 Å². The minimum atomic E-state index is -2.91. The van der Waals surface area contributed by atoms with Crippen LogP contribution in [0.25, 0.3) is 6.08 Å². The van der Waals surface area contributed by atoms with Gasteiger partial charge >= 0.3 is 12.6 Å². The summed E-state index contributed by atoms with van der Waals surface area (Å²) in [5.74, 6) is -1.73. The van der Waals surface area contributed by atoms with E-state index in [2.05, 4.69) is 15.4 Å². The molecule has 7 nitrogen and oxygen atoms in total. The Hall–Kier alpha value is -2.97. The Bertz CT molecular complexity index is 645. The van der Waals surface area contributed by atoms with Crippen molar-refractivity contribution in [2.45, 2.75) is 26.5 Å². The third-order valence-electron chi connectivity index (χ3n) is 2.76. The van der Waals surface area contributed by atoms with Crippen molar-refractivity contribution in [3.05, 3.63) is 35.9 Å². The van der Waals surface area contributed by atoms with Crippen LogP contribution >= 0.6 is 0 Å². The van der Waals surface area contributed by atoms with Crippen LogP contribution in [0.4, 0.5) is 8.78 Å². The van der Waals surface area contributed by atoms with Gasteiger partial charge in [0.1, 0.15) is 5.75 Å². The Morgan fingerprint density at radius 1 is 1.12 bits per heavy atom. The van der Waals surface area contributed by atoms with Gasteiger partial charge in [0.05, 0.1) is 6.54 Å². The van der Waals surface area contributed by atoms with Gasteiger partial charge in [0.2, 0.25) is 5.91 Å². The molecule has 1 aromatic rings. The van der Waals surface area contributed by atoms with E-state index in [9.17, 15) is 23.2 Å². The number of rotatable bonds is 9. The van der Waals surface area contributed by atoms with Gasteiger partial charge in [0.15, 0.2) is 6.61 Å². The summed E-state index contributed by atoms with van der Waals surface area (Å²) in [5, 5.41) is 4.90. The molecule has 26 heavy (non-hydrogen) atoms. The number of benzene rings is 1. The van der Waals surface area contributed by atoms with Crippen LogP contribution in [0.15, 0.2) is 30.3 Å². The van der Waals surface area contributed by atoms with Crippen molar-refractivity contribution in [1.29, 1.82) is 0 Å². The number of carbonyl (C=O) groups excluding carboxylic acids is 3. The summed E-state index contributed by atoms with van der Waals surface area (Å²) in [6, 6.07) is 5.56. The van der Waals surface area contributed by atoms with E-state index in [0.717, 1.165) is 6.08 Å². The van der Waals surface area contributed by atoms with E-state index in [4.69, 9.17) is 4.74 Å². The molecule has 0 heterocycles. The van der Waals surface area contributed by atoms with Crippen molar-refractivity contribution in [1.82, 2.24) is 10.6 Å². The molecule has 0 unspecified atom stereocenters. The lowest BCUT2D eigenvalue weighted by Gasteiger charge is -2.09. The van der Waals surface area contributed by atoms with Gasteiger partial charge in [0, 0.05) is 12.1 Å². The molecule has 0 saturated carbocycles. The first-order chi connectivity index (χ1) is 12.3. The van der Waals surface area contributed by atoms with Crippen LogP contribution in [0.5, 0.6) is 5.75 Å². The molecule has 2 N–H and O–H groups in total. The summed E-state index contributed by atoms with van der Waals surface area (Å²) >= 11 is 0. The van der Waals surface area contributed by atoms with Gasteiger partial charge < -0.3 is 20.1 Å². The summed E-state index contributed by atoms with van der Waals surface area (Å²) in [6.45, 7) is -0.0778. The molecule has 0 atom stereocenters. The first-order valence-electron chi connectivity index (χ1n) is 7.72. The molecule has 0 saturated heterocycles. The molecular formula is C17H20F2N2O5. The summed E-state index contributed by atoms with van der Waals surface area (Å²) in [5.41, 5.74) is 0.554. The van der Waals surface area contributed by atoms with E-state index in [1.165, 1.54) is 30.3 Å². The molecule has 0 fully saturated rings. The molecule has 0 spiro atoms. The van der Waals surface area contributed by atoms with Crippen LogP contribution in [-0.2, 0) is 19.1 Å². The highest BCUT2D eigenvalue weighted by molar-refractivity contribution is 5.90. The van der Waals surface area contributed by atoms with E-state index < -0.39 is 25.1 Å². The second-order valence-corrected chi connectivity index (χ2v) is 5.39. The Labute approximate surface area is 149 Å². The first kappa shape index (κ1) is 21.1. The van der Waals surface area contributed by atoms with Gasteiger partial charge in [0.25, 0.3) is 5.91 Å². The molecule has 0 aliphatic heterocycles. The number of hydrogen-bond donors (Lipinski definition) is 2. The monoisotopic (exact) mass is 370 g/mol. The number of amides is 2. The maximum atomic E-state index is 12.0. The highest BCUT2D eigenvalue weighted by Crippen LogP contribution is 2.15. The highest BCUT2D eigenvalue weighted by atomic mass is 19.3. The van der Waals surface area contributed by atoms with Gasteiger partial charge in [-0.15, -0.1) is 0 Å². The number of nitrogens with one attached hydrogen (secondary N) is 2. The molecule has 0 radical (unpaired) electrons. The fourth-order valence-corrected chi connectivity index (χ4v) is 1.71. The number of carbonyl (C=O) groups is 3. The van der Waals surface area contributed by atoms with Gasteiger partial charge in [-0.25, -0.2) is 4.79 Å². The zero-order chi connectivity index (χ0) is 19.5. The molecule has 1 aromatic carbocycles. The summed E-state index contributed by atoms with van der Waals surface area (Å²) in [4.78, 5) is 34.3. The number of alkyl halides is 2. The molecule has 1 rings (SSSR count). The second kappa shape index (κ2) is 10.8. The largest absolute Gasteiger partial charge is 0.452 e. The molecule has 2 amide bonds. The quantitative estimate of drug-likeness (QED) is 0.507. The van der Waals surface area contributed by atoms with Crippen molar-refractivity contribution >= 4 is 23.9 Å². The molecule has 0 aromatic heterocycles. The molecule has 142 valence electrons. The number of hydrogen-bond acceptors (Lipinski definition) is 5. The normalized spacial score (nSPS) is 10.8. The van der Waals surface area contributed by atoms with Crippen molar-refractivity contribution in [2.24, 2.45) is 0 Å². The molecular weight excluding hydrogens is 350 g/mol. The van der Waals surface area contributed by atoms with E-state index in [1.807, 2.05) is 0 Å². The maximum Gasteiger partial charge on any atom is 0.387 e. The smallest absolute Gasteiger partial charge is 0.387 e. The zero-order valence-electron chi connectivity index (χ0n) is 14.3. The van der Waals surface area contributed by atoms with E-state index in [-0.39, 0.29) is 24.2 Å². The van der Waals surface area contributed by atoms with Crippen LogP contribution in [0, 0.1) is 0 Å². The van der Waals surface area contributed by atoms with Gasteiger partial charge in [-0.3, -0.25) is 9.59 Å². The Kier molecular flexibility index (Phi) is 8.76. The standard InChI is InChI=1S/C17H20F2N2O5/c1-11(2)21-14(22)9-20-15(23)10-25-16(24)8-5-12-3-6-13(7-4-12)26-17(18)19/h3-8,11,17H,9-10H2,1-2H3,(H,20,23)(H,21,22)/b8-5+. The first-order valence-corrected chi connectivity index (χ1v) is 7.72. The summed E-state index contributed by atoms with van der Waals surface area (Å²) in [6.07, 6.45) is 2.48. The minimum absolute atomic E-state index is 0.00194. The fourth-order valence-electron chi connectivity index (χ4n) is 1.71. The predicted molar refractivity (Wildman–Crippen MR) is 89.4 cm³/mol. The fraction of sp³-hybridized carbons (Fsp3) is 0.353. The summed E-state index contributed by atoms with van der Waals surface area (Å²) < 4.78 is 33.0. The molecule has 0 aliphatic carbocycles.